The average Bonchev–Trinajstić information content (AvgIpc) is 3.22. The van der Waals surface area contributed by atoms with Crippen LogP contribution in [0.1, 0.15) is 48.9 Å². The van der Waals surface area contributed by atoms with E-state index in [2.05, 4.69) is 5.32 Å². The van der Waals surface area contributed by atoms with E-state index in [1.165, 1.54) is 26.4 Å². The van der Waals surface area contributed by atoms with Crippen LogP contribution in [0.4, 0.5) is 5.69 Å². The van der Waals surface area contributed by atoms with Gasteiger partial charge in [0.1, 0.15) is 6.04 Å². The largest absolute Gasteiger partial charge is 0.467 e. The van der Waals surface area contributed by atoms with Gasteiger partial charge in [-0.3, -0.25) is 4.79 Å². The lowest BCUT2D eigenvalue weighted by atomic mass is 9.84. The van der Waals surface area contributed by atoms with Crippen LogP contribution in [0, 0.1) is 5.92 Å². The van der Waals surface area contributed by atoms with E-state index in [1.54, 1.807) is 29.5 Å². The van der Waals surface area contributed by atoms with Crippen LogP contribution in [0.2, 0.25) is 0 Å². The van der Waals surface area contributed by atoms with E-state index in [9.17, 15) is 9.59 Å². The highest BCUT2D eigenvalue weighted by Gasteiger charge is 2.27. The summed E-state index contributed by atoms with van der Waals surface area (Å²) < 4.78 is 4.94. The van der Waals surface area contributed by atoms with E-state index < -0.39 is 6.04 Å². The highest BCUT2D eigenvalue weighted by molar-refractivity contribution is 7.13. The van der Waals surface area contributed by atoms with Crippen LogP contribution in [0.15, 0.2) is 35.7 Å². The lowest BCUT2D eigenvalue weighted by Crippen LogP contribution is -2.43. The van der Waals surface area contributed by atoms with Crippen molar-refractivity contribution < 1.29 is 14.3 Å². The van der Waals surface area contributed by atoms with Crippen molar-refractivity contribution in [2.24, 2.45) is 5.92 Å². The van der Waals surface area contributed by atoms with Gasteiger partial charge in [0.25, 0.3) is 5.91 Å². The van der Waals surface area contributed by atoms with Gasteiger partial charge in [-0.25, -0.2) is 4.79 Å². The maximum Gasteiger partial charge on any atom is 0.328 e. The second kappa shape index (κ2) is 9.04. The van der Waals surface area contributed by atoms with Crippen molar-refractivity contribution in [1.29, 1.82) is 0 Å². The number of anilines is 1. The zero-order valence-electron chi connectivity index (χ0n) is 15.6. The number of nitrogens with two attached hydrogens (primary N) is 1. The van der Waals surface area contributed by atoms with E-state index >= 15 is 0 Å². The second-order valence-corrected chi connectivity index (χ2v) is 8.02. The van der Waals surface area contributed by atoms with Gasteiger partial charge in [0.2, 0.25) is 0 Å². The number of nitrogens with one attached hydrogen (secondary N) is 1. The van der Waals surface area contributed by atoms with E-state index in [4.69, 9.17) is 10.5 Å². The molecule has 0 spiro atoms. The first-order chi connectivity index (χ1) is 13.1. The Kier molecular flexibility index (Phi) is 6.50. The third-order valence-electron chi connectivity index (χ3n) is 5.16. The SMILES string of the molecule is COC(=O)[C@H](CC1CCCCC1)NC(=O)c1ccc(N)cc1-c1cccs1. The summed E-state index contributed by atoms with van der Waals surface area (Å²) in [6.45, 7) is 0. The van der Waals surface area contributed by atoms with Gasteiger partial charge in [0.15, 0.2) is 0 Å². The van der Waals surface area contributed by atoms with Crippen LogP contribution >= 0.6 is 11.3 Å². The molecular weight excluding hydrogens is 360 g/mol. The molecule has 1 fully saturated rings. The van der Waals surface area contributed by atoms with Crippen molar-refractivity contribution in [2.75, 3.05) is 12.8 Å². The van der Waals surface area contributed by atoms with Gasteiger partial charge in [-0.05, 0) is 42.0 Å². The number of hydrogen-bond donors (Lipinski definition) is 2. The predicted octanol–water partition coefficient (Wildman–Crippen LogP) is 4.24. The zero-order chi connectivity index (χ0) is 19.2. The van der Waals surface area contributed by atoms with Gasteiger partial charge in [-0.15, -0.1) is 11.3 Å². The summed E-state index contributed by atoms with van der Waals surface area (Å²) in [7, 11) is 1.36. The number of rotatable bonds is 6. The fraction of sp³-hybridized carbons (Fsp3) is 0.429. The van der Waals surface area contributed by atoms with Gasteiger partial charge >= 0.3 is 5.97 Å². The summed E-state index contributed by atoms with van der Waals surface area (Å²) in [5, 5.41) is 4.86. The van der Waals surface area contributed by atoms with Crippen LogP contribution in [-0.2, 0) is 9.53 Å². The van der Waals surface area contributed by atoms with Crippen LogP contribution < -0.4 is 11.1 Å². The molecule has 6 heteroatoms. The quantitative estimate of drug-likeness (QED) is 0.575. The fourth-order valence-corrected chi connectivity index (χ4v) is 4.50. The molecule has 0 aliphatic heterocycles. The van der Waals surface area contributed by atoms with E-state index in [1.807, 2.05) is 17.5 Å². The van der Waals surface area contributed by atoms with E-state index in [0.29, 0.717) is 23.6 Å². The molecule has 1 aromatic carbocycles. The maximum absolute atomic E-state index is 13.0. The Balaban J connectivity index is 1.80. The number of ether oxygens (including phenoxy) is 1. The third kappa shape index (κ3) is 4.89. The minimum absolute atomic E-state index is 0.274. The Labute approximate surface area is 163 Å². The molecule has 2 aromatic rings. The van der Waals surface area contributed by atoms with Crippen molar-refractivity contribution in [3.63, 3.8) is 0 Å². The molecule has 144 valence electrons. The molecule has 1 saturated carbocycles. The van der Waals surface area contributed by atoms with Crippen LogP contribution in [0.3, 0.4) is 0 Å². The molecular formula is C21H26N2O3S. The Morgan fingerprint density at radius 3 is 2.70 bits per heavy atom. The first-order valence-corrected chi connectivity index (χ1v) is 10.3. The van der Waals surface area contributed by atoms with Crippen molar-refractivity contribution >= 4 is 28.9 Å². The molecule has 1 amide bonds. The van der Waals surface area contributed by atoms with Gasteiger partial charge in [0, 0.05) is 21.7 Å². The number of carbonyl (C=O) groups is 2. The number of methoxy groups -OCH3 is 1. The van der Waals surface area contributed by atoms with Gasteiger partial charge < -0.3 is 15.8 Å². The second-order valence-electron chi connectivity index (χ2n) is 7.07. The lowest BCUT2D eigenvalue weighted by molar-refractivity contribution is -0.143. The number of thiophene rings is 1. The maximum atomic E-state index is 13.0. The molecule has 3 rings (SSSR count). The Hall–Kier alpha value is -2.34. The Bertz CT molecular complexity index is 783. The van der Waals surface area contributed by atoms with Crippen LogP contribution in [0.25, 0.3) is 10.4 Å². The third-order valence-corrected chi connectivity index (χ3v) is 6.06. The van der Waals surface area contributed by atoms with Gasteiger partial charge in [-0.2, -0.15) is 0 Å². The molecule has 1 aromatic heterocycles. The molecule has 1 atom stereocenters. The van der Waals surface area contributed by atoms with Crippen molar-refractivity contribution in [3.8, 4) is 10.4 Å². The Morgan fingerprint density at radius 1 is 1.26 bits per heavy atom. The summed E-state index contributed by atoms with van der Waals surface area (Å²) in [6, 6.07) is 8.49. The minimum atomic E-state index is -0.626. The molecule has 0 unspecified atom stereocenters. The predicted molar refractivity (Wildman–Crippen MR) is 109 cm³/mol. The highest BCUT2D eigenvalue weighted by Crippen LogP contribution is 2.31. The normalized spacial score (nSPS) is 15.9. The zero-order valence-corrected chi connectivity index (χ0v) is 16.4. The Morgan fingerprint density at radius 2 is 2.04 bits per heavy atom. The molecule has 0 radical (unpaired) electrons. The van der Waals surface area contributed by atoms with Gasteiger partial charge in [-0.1, -0.05) is 38.2 Å². The van der Waals surface area contributed by atoms with E-state index in [-0.39, 0.29) is 11.9 Å². The standard InChI is InChI=1S/C21H26N2O3S/c1-26-21(25)18(12-14-6-3-2-4-7-14)23-20(24)16-10-9-15(22)13-17(16)19-8-5-11-27-19/h5,8-11,13-14,18H,2-4,6-7,12,22H2,1H3,(H,23,24)/t18-/m0/s1. The summed E-state index contributed by atoms with van der Waals surface area (Å²) >= 11 is 1.55. The number of amides is 1. The first-order valence-electron chi connectivity index (χ1n) is 9.40. The smallest absolute Gasteiger partial charge is 0.328 e. The van der Waals surface area contributed by atoms with Crippen molar-refractivity contribution in [1.82, 2.24) is 5.32 Å². The first kappa shape index (κ1) is 19.4. The van der Waals surface area contributed by atoms with E-state index in [0.717, 1.165) is 23.3 Å². The highest BCUT2D eigenvalue weighted by atomic mass is 32.1. The number of benzene rings is 1. The molecule has 1 heterocycles. The number of carbonyl (C=O) groups excluding carboxylic acids is 2. The molecule has 1 aliphatic rings. The summed E-state index contributed by atoms with van der Waals surface area (Å²) in [5.74, 6) is -0.210. The number of nitrogen functional groups attached to an aromatic ring is 1. The van der Waals surface area contributed by atoms with Gasteiger partial charge in [0.05, 0.1) is 7.11 Å². The molecule has 1 aliphatic carbocycles. The molecule has 0 bridgehead atoms. The number of esters is 1. The summed E-state index contributed by atoms with van der Waals surface area (Å²) in [6.07, 6.45) is 6.46. The van der Waals surface area contributed by atoms with Crippen molar-refractivity contribution in [3.05, 3.63) is 41.3 Å². The topological polar surface area (TPSA) is 81.4 Å². The van der Waals surface area contributed by atoms with Crippen molar-refractivity contribution in [2.45, 2.75) is 44.6 Å². The monoisotopic (exact) mass is 386 g/mol. The molecule has 5 nitrogen and oxygen atoms in total. The summed E-state index contributed by atoms with van der Waals surface area (Å²) in [4.78, 5) is 26.2. The average molecular weight is 387 g/mol. The molecule has 0 saturated heterocycles. The lowest BCUT2D eigenvalue weighted by Gasteiger charge is -2.26. The minimum Gasteiger partial charge on any atom is -0.467 e. The van der Waals surface area contributed by atoms with Crippen LogP contribution in [-0.4, -0.2) is 25.0 Å². The fourth-order valence-electron chi connectivity index (χ4n) is 3.74. The molecule has 27 heavy (non-hydrogen) atoms. The molecule has 3 N–H and O–H groups in total. The summed E-state index contributed by atoms with van der Waals surface area (Å²) in [5.41, 5.74) is 7.83. The number of hydrogen-bond acceptors (Lipinski definition) is 5. The van der Waals surface area contributed by atoms with Crippen LogP contribution in [0.5, 0.6) is 0 Å².